The van der Waals surface area contributed by atoms with Crippen LogP contribution in [-0.4, -0.2) is 89.0 Å². The van der Waals surface area contributed by atoms with Crippen molar-refractivity contribution in [1.82, 2.24) is 0 Å². The first kappa shape index (κ1) is 49.9. The van der Waals surface area contributed by atoms with Gasteiger partial charge in [-0.1, -0.05) is 118 Å². The summed E-state index contributed by atoms with van der Waals surface area (Å²) in [6.07, 6.45) is 37.3. The molecule has 312 valence electrons. The maximum Gasteiger partial charge on any atom is 0.306 e. The molecule has 55 heavy (non-hydrogen) atoms. The molecule has 0 spiro atoms. The summed E-state index contributed by atoms with van der Waals surface area (Å²) in [5, 5.41) is 40.0. The average Bonchev–Trinajstić information content (AvgIpc) is 3.18. The van der Waals surface area contributed by atoms with Gasteiger partial charge in [0.2, 0.25) is 0 Å². The summed E-state index contributed by atoms with van der Waals surface area (Å²) in [7, 11) is 0. The molecule has 6 atom stereocenters. The van der Waals surface area contributed by atoms with E-state index < -0.39 is 55.4 Å². The molecule has 1 fully saturated rings. The van der Waals surface area contributed by atoms with Crippen molar-refractivity contribution < 1.29 is 49.0 Å². The zero-order valence-electron chi connectivity index (χ0n) is 33.6. The van der Waals surface area contributed by atoms with E-state index in [4.69, 9.17) is 18.9 Å². The number of unbranched alkanes of at least 4 members (excludes halogenated alkanes) is 7. The minimum absolute atomic E-state index is 0.168. The molecule has 0 radical (unpaired) electrons. The fraction of sp³-hybridized carbons (Fsp3) is 0.644. The van der Waals surface area contributed by atoms with Crippen LogP contribution < -0.4 is 0 Å². The lowest BCUT2D eigenvalue weighted by atomic mass is 9.99. The molecule has 0 aromatic heterocycles. The van der Waals surface area contributed by atoms with E-state index in [1.165, 1.54) is 0 Å². The lowest BCUT2D eigenvalue weighted by molar-refractivity contribution is -0.305. The van der Waals surface area contributed by atoms with Crippen LogP contribution in [0, 0.1) is 0 Å². The molecule has 1 aliphatic rings. The van der Waals surface area contributed by atoms with Gasteiger partial charge in [0, 0.05) is 12.8 Å². The van der Waals surface area contributed by atoms with Crippen LogP contribution >= 0.6 is 0 Å². The fourth-order valence-corrected chi connectivity index (χ4v) is 5.54. The van der Waals surface area contributed by atoms with Crippen molar-refractivity contribution >= 4 is 11.9 Å². The Hall–Kier alpha value is -3.12. The summed E-state index contributed by atoms with van der Waals surface area (Å²) in [4.78, 5) is 25.2. The van der Waals surface area contributed by atoms with Gasteiger partial charge in [-0.05, 0) is 83.5 Å². The lowest BCUT2D eigenvalue weighted by Crippen LogP contribution is -2.59. The molecular weight excluding hydrogens is 700 g/mol. The van der Waals surface area contributed by atoms with Crippen LogP contribution in [0.2, 0.25) is 0 Å². The van der Waals surface area contributed by atoms with Crippen LogP contribution in [0.5, 0.6) is 0 Å². The maximum atomic E-state index is 12.7. The zero-order valence-corrected chi connectivity index (χ0v) is 33.6. The summed E-state index contributed by atoms with van der Waals surface area (Å²) in [6, 6.07) is 0. The van der Waals surface area contributed by atoms with Crippen molar-refractivity contribution in [3.8, 4) is 0 Å². The number of esters is 2. The normalized spacial score (nSPS) is 21.5. The molecule has 4 N–H and O–H groups in total. The van der Waals surface area contributed by atoms with Crippen LogP contribution in [0.25, 0.3) is 0 Å². The molecule has 0 aromatic carbocycles. The second kappa shape index (κ2) is 35.3. The van der Waals surface area contributed by atoms with Gasteiger partial charge in [-0.3, -0.25) is 9.59 Å². The van der Waals surface area contributed by atoms with Crippen LogP contribution in [0.3, 0.4) is 0 Å². The number of allylic oxidation sites excluding steroid dienone is 14. The van der Waals surface area contributed by atoms with Gasteiger partial charge in [-0.15, -0.1) is 0 Å². The molecule has 0 bridgehead atoms. The predicted molar refractivity (Wildman–Crippen MR) is 219 cm³/mol. The molecule has 0 aromatic rings. The quantitative estimate of drug-likeness (QED) is 0.0299. The van der Waals surface area contributed by atoms with Gasteiger partial charge >= 0.3 is 11.9 Å². The number of carbonyl (C=O) groups is 2. The van der Waals surface area contributed by atoms with E-state index in [0.717, 1.165) is 89.9 Å². The van der Waals surface area contributed by atoms with Crippen molar-refractivity contribution in [3.05, 3.63) is 85.1 Å². The van der Waals surface area contributed by atoms with Gasteiger partial charge < -0.3 is 39.4 Å². The molecule has 1 saturated heterocycles. The van der Waals surface area contributed by atoms with E-state index >= 15 is 0 Å². The molecule has 1 aliphatic heterocycles. The molecule has 1 heterocycles. The molecule has 10 heteroatoms. The number of carbonyl (C=O) groups excluding carboxylic acids is 2. The van der Waals surface area contributed by atoms with Gasteiger partial charge in [0.25, 0.3) is 0 Å². The molecule has 10 nitrogen and oxygen atoms in total. The van der Waals surface area contributed by atoms with E-state index in [0.29, 0.717) is 12.8 Å². The number of aliphatic hydroxyl groups is 4. The topological polar surface area (TPSA) is 152 Å². The standard InChI is InChI=1S/C45H72O10/c1-3-5-7-9-11-13-15-17-19-21-23-25-27-29-31-33-40(47)52-36-38(37-53-45-44(51)43(50)42(49)39(35-46)55-45)54-41(48)34-32-30-28-26-24-22-20-18-16-14-12-10-8-6-4-2/h5-8,11-14,17-20,24,26,38-39,42-46,49-51H,3-4,9-10,15-16,21-23,25,27-37H2,1-2H3/t38-,39-,42+,43+,44+,45-/m1/s1. The first-order valence-electron chi connectivity index (χ1n) is 20.7. The Bertz CT molecular complexity index is 1170. The molecule has 0 aliphatic carbocycles. The fourth-order valence-electron chi connectivity index (χ4n) is 5.54. The van der Waals surface area contributed by atoms with Gasteiger partial charge in [-0.25, -0.2) is 0 Å². The third-order valence-electron chi connectivity index (χ3n) is 8.78. The Morgan fingerprint density at radius 3 is 1.56 bits per heavy atom. The van der Waals surface area contributed by atoms with Crippen molar-refractivity contribution in [2.45, 2.75) is 166 Å². The maximum absolute atomic E-state index is 12.7. The largest absolute Gasteiger partial charge is 0.462 e. The SMILES string of the molecule is CCC=CCC=CCC=CCC=CCCCCC(=O)O[C@H](COC(=O)CCCCCCCC=CCC=CCC=CCC)CO[C@@H]1O[C@H](CO)[C@H](O)[C@H](O)[C@@H]1O. The average molecular weight is 773 g/mol. The molecule has 0 unspecified atom stereocenters. The van der Waals surface area contributed by atoms with Crippen LogP contribution in [0.4, 0.5) is 0 Å². The number of hydrogen-bond donors (Lipinski definition) is 4. The summed E-state index contributed by atoms with van der Waals surface area (Å²) in [6.45, 7) is 3.10. The van der Waals surface area contributed by atoms with E-state index in [1.807, 2.05) is 0 Å². The Labute approximate surface area is 331 Å². The first-order valence-corrected chi connectivity index (χ1v) is 20.7. The van der Waals surface area contributed by atoms with Crippen molar-refractivity contribution in [3.63, 3.8) is 0 Å². The van der Waals surface area contributed by atoms with E-state index in [2.05, 4.69) is 98.9 Å². The molecular formula is C45H72O10. The lowest BCUT2D eigenvalue weighted by Gasteiger charge is -2.39. The van der Waals surface area contributed by atoms with Crippen molar-refractivity contribution in [2.75, 3.05) is 19.8 Å². The highest BCUT2D eigenvalue weighted by molar-refractivity contribution is 5.70. The van der Waals surface area contributed by atoms with Gasteiger partial charge in [0.1, 0.15) is 31.0 Å². The van der Waals surface area contributed by atoms with Crippen molar-refractivity contribution in [1.29, 1.82) is 0 Å². The van der Waals surface area contributed by atoms with Gasteiger partial charge in [0.05, 0.1) is 13.2 Å². The van der Waals surface area contributed by atoms with E-state index in [-0.39, 0.29) is 26.1 Å². The summed E-state index contributed by atoms with van der Waals surface area (Å²) in [5.41, 5.74) is 0. The summed E-state index contributed by atoms with van der Waals surface area (Å²) in [5.74, 6) is -0.886. The highest BCUT2D eigenvalue weighted by atomic mass is 16.7. The Balaban J connectivity index is 2.42. The molecule has 0 saturated carbocycles. The highest BCUT2D eigenvalue weighted by Gasteiger charge is 2.44. The third-order valence-corrected chi connectivity index (χ3v) is 8.78. The van der Waals surface area contributed by atoms with E-state index in [9.17, 15) is 30.0 Å². The van der Waals surface area contributed by atoms with E-state index in [1.54, 1.807) is 0 Å². The zero-order chi connectivity index (χ0) is 40.2. The predicted octanol–water partition coefficient (Wildman–Crippen LogP) is 8.21. The number of ether oxygens (including phenoxy) is 4. The highest BCUT2D eigenvalue weighted by Crippen LogP contribution is 2.22. The Kier molecular flexibility index (Phi) is 32.0. The minimum atomic E-state index is -1.61. The number of aliphatic hydroxyl groups excluding tert-OH is 4. The Morgan fingerprint density at radius 1 is 0.564 bits per heavy atom. The molecule has 1 rings (SSSR count). The van der Waals surface area contributed by atoms with Crippen LogP contribution in [0.1, 0.15) is 129 Å². The third kappa shape index (κ3) is 27.2. The van der Waals surface area contributed by atoms with Crippen LogP contribution in [-0.2, 0) is 28.5 Å². The summed E-state index contributed by atoms with van der Waals surface area (Å²) < 4.78 is 22.0. The van der Waals surface area contributed by atoms with Crippen LogP contribution in [0.15, 0.2) is 85.1 Å². The summed E-state index contributed by atoms with van der Waals surface area (Å²) >= 11 is 0. The monoisotopic (exact) mass is 773 g/mol. The van der Waals surface area contributed by atoms with Crippen molar-refractivity contribution in [2.24, 2.45) is 0 Å². The first-order chi connectivity index (χ1) is 26.8. The second-order valence-electron chi connectivity index (χ2n) is 13.7. The number of rotatable bonds is 32. The second-order valence-corrected chi connectivity index (χ2v) is 13.7. The Morgan fingerprint density at radius 2 is 1.02 bits per heavy atom. The van der Waals surface area contributed by atoms with Gasteiger partial charge in [0.15, 0.2) is 12.4 Å². The molecule has 0 amide bonds. The van der Waals surface area contributed by atoms with Gasteiger partial charge in [-0.2, -0.15) is 0 Å². The minimum Gasteiger partial charge on any atom is -0.462 e. The smallest absolute Gasteiger partial charge is 0.306 e. The number of hydrogen-bond acceptors (Lipinski definition) is 10.